The maximum atomic E-state index is 5.51. The van der Waals surface area contributed by atoms with Crippen LogP contribution in [0.5, 0.6) is 0 Å². The Hall–Kier alpha value is -1.88. The first-order valence-corrected chi connectivity index (χ1v) is 5.97. The van der Waals surface area contributed by atoms with E-state index in [0.29, 0.717) is 0 Å². The van der Waals surface area contributed by atoms with Gasteiger partial charge in [-0.1, -0.05) is 0 Å². The Morgan fingerprint density at radius 2 is 2.06 bits per heavy atom. The summed E-state index contributed by atoms with van der Waals surface area (Å²) in [5.41, 5.74) is 0.758. The lowest BCUT2D eigenvalue weighted by atomic mass is 10.3. The molecule has 96 valence electrons. The standard InChI is InChI=1S/C13H18N4O/c1-10-4-6-12(18-10)11-5-7-13(16-15-11)17(3)9-8-14-2/h4-7,14H,8-9H2,1-3H3. The van der Waals surface area contributed by atoms with Crippen molar-refractivity contribution < 1.29 is 4.42 Å². The molecule has 2 aromatic heterocycles. The lowest BCUT2D eigenvalue weighted by molar-refractivity contribution is 0.545. The molecule has 5 heteroatoms. The maximum absolute atomic E-state index is 5.51. The highest BCUT2D eigenvalue weighted by Gasteiger charge is 2.07. The van der Waals surface area contributed by atoms with Gasteiger partial charge in [0.05, 0.1) is 0 Å². The van der Waals surface area contributed by atoms with Gasteiger partial charge in [-0.2, -0.15) is 0 Å². The molecule has 0 spiro atoms. The third-order valence-electron chi connectivity index (χ3n) is 2.73. The highest BCUT2D eigenvalue weighted by molar-refractivity contribution is 5.53. The number of nitrogens with one attached hydrogen (secondary N) is 1. The number of furan rings is 1. The minimum absolute atomic E-state index is 0.754. The Labute approximate surface area is 107 Å². The normalized spacial score (nSPS) is 10.6. The van der Waals surface area contributed by atoms with Crippen LogP contribution in [-0.4, -0.2) is 37.4 Å². The van der Waals surface area contributed by atoms with Crippen LogP contribution >= 0.6 is 0 Å². The molecule has 0 bridgehead atoms. The predicted octanol–water partition coefficient (Wildman–Crippen LogP) is 1.70. The van der Waals surface area contributed by atoms with Crippen LogP contribution in [0, 0.1) is 6.92 Å². The number of nitrogens with zero attached hydrogens (tertiary/aromatic N) is 3. The largest absolute Gasteiger partial charge is 0.460 e. The Morgan fingerprint density at radius 3 is 2.61 bits per heavy atom. The molecule has 0 radical (unpaired) electrons. The molecule has 0 amide bonds. The molecule has 0 aliphatic carbocycles. The molecule has 0 aliphatic rings. The fraction of sp³-hybridized carbons (Fsp3) is 0.385. The Kier molecular flexibility index (Phi) is 3.94. The lowest BCUT2D eigenvalue weighted by Crippen LogP contribution is -2.27. The molecule has 0 atom stereocenters. The summed E-state index contributed by atoms with van der Waals surface area (Å²) >= 11 is 0. The summed E-state index contributed by atoms with van der Waals surface area (Å²) in [5, 5.41) is 11.5. The van der Waals surface area contributed by atoms with Crippen LogP contribution in [0.2, 0.25) is 0 Å². The van der Waals surface area contributed by atoms with Gasteiger partial charge < -0.3 is 14.6 Å². The van der Waals surface area contributed by atoms with Gasteiger partial charge in [0, 0.05) is 20.1 Å². The summed E-state index contributed by atoms with van der Waals surface area (Å²) in [6, 6.07) is 7.71. The fourth-order valence-electron chi connectivity index (χ4n) is 1.63. The van der Waals surface area contributed by atoms with E-state index in [1.807, 2.05) is 45.3 Å². The third kappa shape index (κ3) is 2.87. The van der Waals surface area contributed by atoms with Gasteiger partial charge in [0.2, 0.25) is 0 Å². The van der Waals surface area contributed by atoms with Crippen molar-refractivity contribution in [1.29, 1.82) is 0 Å². The molecule has 0 aromatic carbocycles. The second kappa shape index (κ2) is 5.64. The van der Waals surface area contributed by atoms with E-state index in [1.165, 1.54) is 0 Å². The predicted molar refractivity (Wildman–Crippen MR) is 71.7 cm³/mol. The van der Waals surface area contributed by atoms with E-state index in [4.69, 9.17) is 4.42 Å². The number of hydrogen-bond acceptors (Lipinski definition) is 5. The first-order chi connectivity index (χ1) is 8.70. The molecule has 0 saturated carbocycles. The van der Waals surface area contributed by atoms with Gasteiger partial charge in [0.25, 0.3) is 0 Å². The quantitative estimate of drug-likeness (QED) is 0.870. The maximum Gasteiger partial charge on any atom is 0.154 e. The van der Waals surface area contributed by atoms with Crippen molar-refractivity contribution in [3.63, 3.8) is 0 Å². The number of hydrogen-bond donors (Lipinski definition) is 1. The molecule has 0 saturated heterocycles. The van der Waals surface area contributed by atoms with Crippen molar-refractivity contribution in [1.82, 2.24) is 15.5 Å². The average Bonchev–Trinajstić information content (AvgIpc) is 2.83. The minimum Gasteiger partial charge on any atom is -0.460 e. The van der Waals surface area contributed by atoms with E-state index < -0.39 is 0 Å². The summed E-state index contributed by atoms with van der Waals surface area (Å²) in [6.45, 7) is 3.72. The highest BCUT2D eigenvalue weighted by Crippen LogP contribution is 2.20. The molecule has 2 aromatic rings. The Balaban J connectivity index is 2.10. The molecule has 18 heavy (non-hydrogen) atoms. The first kappa shape index (κ1) is 12.6. The van der Waals surface area contributed by atoms with Crippen molar-refractivity contribution in [3.8, 4) is 11.5 Å². The summed E-state index contributed by atoms with van der Waals surface area (Å²) in [6.07, 6.45) is 0. The van der Waals surface area contributed by atoms with Crippen LogP contribution < -0.4 is 10.2 Å². The highest BCUT2D eigenvalue weighted by atomic mass is 16.3. The number of rotatable bonds is 5. The van der Waals surface area contributed by atoms with E-state index in [0.717, 1.165) is 36.1 Å². The van der Waals surface area contributed by atoms with Crippen LogP contribution in [0.4, 0.5) is 5.82 Å². The molecular formula is C13H18N4O. The fourth-order valence-corrected chi connectivity index (χ4v) is 1.63. The van der Waals surface area contributed by atoms with Crippen LogP contribution in [0.25, 0.3) is 11.5 Å². The topological polar surface area (TPSA) is 54.2 Å². The number of aryl methyl sites for hydroxylation is 1. The number of aromatic nitrogens is 2. The van der Waals surface area contributed by atoms with E-state index in [9.17, 15) is 0 Å². The lowest BCUT2D eigenvalue weighted by Gasteiger charge is -2.16. The molecule has 0 aliphatic heterocycles. The molecule has 2 heterocycles. The molecular weight excluding hydrogens is 228 g/mol. The minimum atomic E-state index is 0.754. The zero-order valence-electron chi connectivity index (χ0n) is 11.0. The smallest absolute Gasteiger partial charge is 0.154 e. The van der Waals surface area contributed by atoms with Crippen LogP contribution in [-0.2, 0) is 0 Å². The van der Waals surface area contributed by atoms with Crippen LogP contribution in [0.15, 0.2) is 28.7 Å². The number of likely N-dealkylation sites (N-methyl/N-ethyl adjacent to an activating group) is 2. The van der Waals surface area contributed by atoms with Gasteiger partial charge in [-0.3, -0.25) is 0 Å². The molecule has 0 fully saturated rings. The van der Waals surface area contributed by atoms with Crippen molar-refractivity contribution in [2.24, 2.45) is 0 Å². The summed E-state index contributed by atoms with van der Waals surface area (Å²) in [5.74, 6) is 2.49. The Morgan fingerprint density at radius 1 is 1.22 bits per heavy atom. The first-order valence-electron chi connectivity index (χ1n) is 5.97. The number of anilines is 1. The zero-order chi connectivity index (χ0) is 13.0. The molecule has 2 rings (SSSR count). The van der Waals surface area contributed by atoms with Gasteiger partial charge in [-0.25, -0.2) is 0 Å². The molecule has 1 N–H and O–H groups in total. The summed E-state index contributed by atoms with van der Waals surface area (Å²) in [4.78, 5) is 2.06. The molecule has 5 nitrogen and oxygen atoms in total. The summed E-state index contributed by atoms with van der Waals surface area (Å²) < 4.78 is 5.51. The summed E-state index contributed by atoms with van der Waals surface area (Å²) in [7, 11) is 3.93. The molecule has 0 unspecified atom stereocenters. The SMILES string of the molecule is CNCCN(C)c1ccc(-c2ccc(C)o2)nn1. The second-order valence-electron chi connectivity index (χ2n) is 4.21. The van der Waals surface area contributed by atoms with Crippen molar-refractivity contribution in [2.75, 3.05) is 32.1 Å². The van der Waals surface area contributed by atoms with Crippen molar-refractivity contribution in [3.05, 3.63) is 30.0 Å². The average molecular weight is 246 g/mol. The van der Waals surface area contributed by atoms with E-state index >= 15 is 0 Å². The zero-order valence-corrected chi connectivity index (χ0v) is 11.0. The third-order valence-corrected chi connectivity index (χ3v) is 2.73. The van der Waals surface area contributed by atoms with E-state index in [-0.39, 0.29) is 0 Å². The van der Waals surface area contributed by atoms with Gasteiger partial charge in [-0.05, 0) is 38.2 Å². The van der Waals surface area contributed by atoms with Gasteiger partial charge in [0.15, 0.2) is 11.6 Å². The van der Waals surface area contributed by atoms with Crippen LogP contribution in [0.1, 0.15) is 5.76 Å². The monoisotopic (exact) mass is 246 g/mol. The van der Waals surface area contributed by atoms with Crippen molar-refractivity contribution in [2.45, 2.75) is 6.92 Å². The van der Waals surface area contributed by atoms with Crippen LogP contribution in [0.3, 0.4) is 0 Å². The van der Waals surface area contributed by atoms with Gasteiger partial charge >= 0.3 is 0 Å². The second-order valence-corrected chi connectivity index (χ2v) is 4.21. The van der Waals surface area contributed by atoms with E-state index in [2.05, 4.69) is 20.4 Å². The van der Waals surface area contributed by atoms with Gasteiger partial charge in [0.1, 0.15) is 11.5 Å². The van der Waals surface area contributed by atoms with Gasteiger partial charge in [-0.15, -0.1) is 10.2 Å². The Bertz CT molecular complexity index is 492. The van der Waals surface area contributed by atoms with E-state index in [1.54, 1.807) is 0 Å². The van der Waals surface area contributed by atoms with Crippen molar-refractivity contribution >= 4 is 5.82 Å².